The number of amides is 3. The molecule has 0 spiro atoms. The molecule has 1 aromatic carbocycles. The number of hydrogen-bond donors (Lipinski definition) is 8. The highest BCUT2D eigenvalue weighted by Crippen LogP contribution is 2.19. The number of H-pyrrole nitrogens is 1. The number of nitrogens with two attached hydrogens (primary N) is 2. The first-order valence-corrected chi connectivity index (χ1v) is 14.3. The number of carboxylic acid groups (broad SMARTS) is 2. The average Bonchev–Trinajstić information content (AvgIpc) is 3.32. The van der Waals surface area contributed by atoms with Crippen LogP contribution in [-0.2, 0) is 30.4 Å². The molecule has 14 heteroatoms. The van der Waals surface area contributed by atoms with Crippen LogP contribution in [0.2, 0.25) is 0 Å². The van der Waals surface area contributed by atoms with E-state index < -0.39 is 60.2 Å². The number of unbranched alkanes of at least 4 members (excludes halogenated alkanes) is 1. The Morgan fingerprint density at radius 2 is 1.57 bits per heavy atom. The molecule has 4 atom stereocenters. The maximum absolute atomic E-state index is 13.4. The Morgan fingerprint density at radius 1 is 0.925 bits per heavy atom. The first-order chi connectivity index (χ1) is 19.1. The predicted octanol–water partition coefficient (Wildman–Crippen LogP) is -0.0665. The summed E-state index contributed by atoms with van der Waals surface area (Å²) in [4.78, 5) is 65.4. The van der Waals surface area contributed by atoms with Crippen LogP contribution in [0.4, 0.5) is 0 Å². The number of carbonyl (C=O) groups excluding carboxylic acids is 3. The molecule has 2 aromatic rings. The fourth-order valence-electron chi connectivity index (χ4n) is 4.06. The summed E-state index contributed by atoms with van der Waals surface area (Å²) in [5.41, 5.74) is 13.0. The van der Waals surface area contributed by atoms with Gasteiger partial charge in [0.05, 0.1) is 12.5 Å². The molecule has 2 rings (SSSR count). The lowest BCUT2D eigenvalue weighted by Crippen LogP contribution is -2.58. The van der Waals surface area contributed by atoms with Gasteiger partial charge in [-0.1, -0.05) is 18.2 Å². The Balaban J connectivity index is 2.26. The van der Waals surface area contributed by atoms with Crippen molar-refractivity contribution < 1.29 is 34.2 Å². The number of para-hydroxylation sites is 1. The van der Waals surface area contributed by atoms with Gasteiger partial charge in [0.1, 0.15) is 18.1 Å². The Kier molecular flexibility index (Phi) is 13.4. The van der Waals surface area contributed by atoms with Crippen molar-refractivity contribution in [1.82, 2.24) is 20.9 Å². The summed E-state index contributed by atoms with van der Waals surface area (Å²) in [6, 6.07) is 2.41. The zero-order valence-corrected chi connectivity index (χ0v) is 23.2. The number of nitrogens with one attached hydrogen (secondary N) is 4. The quantitative estimate of drug-likeness (QED) is 0.110. The fraction of sp³-hybridized carbons (Fsp3) is 0.500. The Hall–Kier alpha value is -3.62. The molecule has 0 saturated carbocycles. The normalized spacial score (nSPS) is 14.1. The van der Waals surface area contributed by atoms with Gasteiger partial charge in [-0.2, -0.15) is 11.8 Å². The van der Waals surface area contributed by atoms with Crippen molar-refractivity contribution in [1.29, 1.82) is 0 Å². The van der Waals surface area contributed by atoms with Gasteiger partial charge in [-0.05, 0) is 55.9 Å². The zero-order valence-electron chi connectivity index (χ0n) is 22.4. The van der Waals surface area contributed by atoms with Gasteiger partial charge in [-0.25, -0.2) is 4.79 Å². The van der Waals surface area contributed by atoms with E-state index >= 15 is 0 Å². The Morgan fingerprint density at radius 3 is 2.23 bits per heavy atom. The molecule has 220 valence electrons. The number of rotatable bonds is 18. The monoisotopic (exact) mass is 578 g/mol. The predicted molar refractivity (Wildman–Crippen MR) is 152 cm³/mol. The molecule has 10 N–H and O–H groups in total. The summed E-state index contributed by atoms with van der Waals surface area (Å²) in [5.74, 6) is -4.40. The average molecular weight is 579 g/mol. The molecule has 0 aliphatic rings. The molecule has 13 nitrogen and oxygen atoms in total. The Bertz CT molecular complexity index is 1170. The summed E-state index contributed by atoms with van der Waals surface area (Å²) in [5, 5.41) is 27.0. The van der Waals surface area contributed by atoms with Crippen molar-refractivity contribution in [2.75, 3.05) is 18.6 Å². The van der Waals surface area contributed by atoms with Crippen LogP contribution >= 0.6 is 11.8 Å². The summed E-state index contributed by atoms with van der Waals surface area (Å²) in [7, 11) is 0. The van der Waals surface area contributed by atoms with E-state index in [1.54, 1.807) is 6.20 Å². The number of aromatic nitrogens is 1. The Labute approximate surface area is 236 Å². The number of hydrogen-bond acceptors (Lipinski definition) is 8. The van der Waals surface area contributed by atoms with Gasteiger partial charge in [-0.3, -0.25) is 19.2 Å². The molecule has 1 aromatic heterocycles. The van der Waals surface area contributed by atoms with E-state index in [-0.39, 0.29) is 12.8 Å². The van der Waals surface area contributed by atoms with Crippen LogP contribution in [0.15, 0.2) is 30.5 Å². The van der Waals surface area contributed by atoms with Crippen LogP contribution in [0.1, 0.15) is 37.7 Å². The van der Waals surface area contributed by atoms with Gasteiger partial charge in [0.25, 0.3) is 0 Å². The standard InChI is InChI=1S/C26H38N6O7S/c1-40-11-9-17(28)23(35)31-20(12-15-14-29-18-7-3-2-6-16(15)18)24(36)32-21(13-22(33)34)25(37)30-19(26(38)39)8-4-5-10-27/h2-3,6-7,14,17,19-21,29H,4-5,8-13,27-28H2,1H3,(H,30,37)(H,31,35)(H,32,36)(H,33,34)(H,38,39). The minimum Gasteiger partial charge on any atom is -0.481 e. The van der Waals surface area contributed by atoms with Gasteiger partial charge >= 0.3 is 11.9 Å². The van der Waals surface area contributed by atoms with E-state index in [1.807, 2.05) is 30.5 Å². The van der Waals surface area contributed by atoms with Gasteiger partial charge in [0, 0.05) is 23.5 Å². The molecule has 0 bridgehead atoms. The molecular formula is C26H38N6O7S. The maximum Gasteiger partial charge on any atom is 0.326 e. The van der Waals surface area contributed by atoms with Crippen LogP contribution in [0.5, 0.6) is 0 Å². The fourth-order valence-corrected chi connectivity index (χ4v) is 4.55. The lowest BCUT2D eigenvalue weighted by Gasteiger charge is -2.24. The molecular weight excluding hydrogens is 540 g/mol. The highest BCUT2D eigenvalue weighted by Gasteiger charge is 2.32. The van der Waals surface area contributed by atoms with Gasteiger partial charge in [0.15, 0.2) is 0 Å². The number of benzene rings is 1. The highest BCUT2D eigenvalue weighted by molar-refractivity contribution is 7.98. The molecule has 4 unspecified atom stereocenters. The molecule has 0 saturated heterocycles. The largest absolute Gasteiger partial charge is 0.481 e. The topological polar surface area (TPSA) is 230 Å². The van der Waals surface area contributed by atoms with Crippen molar-refractivity contribution in [3.63, 3.8) is 0 Å². The molecule has 1 heterocycles. The van der Waals surface area contributed by atoms with Gasteiger partial charge in [0.2, 0.25) is 17.7 Å². The number of aromatic amines is 1. The van der Waals surface area contributed by atoms with Crippen molar-refractivity contribution >= 4 is 52.3 Å². The van der Waals surface area contributed by atoms with E-state index in [9.17, 15) is 34.2 Å². The second kappa shape index (κ2) is 16.5. The number of carbonyl (C=O) groups is 5. The molecule has 0 aliphatic heterocycles. The minimum atomic E-state index is -1.59. The SMILES string of the molecule is CSCCC(N)C(=O)NC(Cc1c[nH]c2ccccc12)C(=O)NC(CC(=O)O)C(=O)NC(CCCCN)C(=O)O. The van der Waals surface area contributed by atoms with Crippen molar-refractivity contribution in [2.24, 2.45) is 11.5 Å². The smallest absolute Gasteiger partial charge is 0.326 e. The molecule has 3 amide bonds. The van der Waals surface area contributed by atoms with Crippen LogP contribution in [0.3, 0.4) is 0 Å². The first-order valence-electron chi connectivity index (χ1n) is 12.9. The maximum atomic E-state index is 13.4. The van der Waals surface area contributed by atoms with E-state index in [4.69, 9.17) is 11.5 Å². The lowest BCUT2D eigenvalue weighted by molar-refractivity contribution is -0.143. The van der Waals surface area contributed by atoms with Crippen molar-refractivity contribution in [3.05, 3.63) is 36.0 Å². The highest BCUT2D eigenvalue weighted by atomic mass is 32.2. The number of carboxylic acids is 2. The number of thioether (sulfide) groups is 1. The third-order valence-corrected chi connectivity index (χ3v) is 6.92. The third-order valence-electron chi connectivity index (χ3n) is 6.27. The summed E-state index contributed by atoms with van der Waals surface area (Å²) in [6.45, 7) is 0.350. The van der Waals surface area contributed by atoms with E-state index in [0.29, 0.717) is 37.1 Å². The van der Waals surface area contributed by atoms with Crippen LogP contribution in [0, 0.1) is 0 Å². The molecule has 40 heavy (non-hydrogen) atoms. The zero-order chi connectivity index (χ0) is 29.7. The third kappa shape index (κ3) is 10.2. The lowest BCUT2D eigenvalue weighted by atomic mass is 10.0. The molecule has 0 radical (unpaired) electrons. The molecule has 0 fully saturated rings. The van der Waals surface area contributed by atoms with E-state index in [1.165, 1.54) is 11.8 Å². The van der Waals surface area contributed by atoms with Crippen LogP contribution in [0.25, 0.3) is 10.9 Å². The second-order valence-electron chi connectivity index (χ2n) is 9.36. The van der Waals surface area contributed by atoms with Gasteiger partial charge in [-0.15, -0.1) is 0 Å². The number of aliphatic carboxylic acids is 2. The first kappa shape index (κ1) is 32.6. The van der Waals surface area contributed by atoms with Crippen LogP contribution < -0.4 is 27.4 Å². The van der Waals surface area contributed by atoms with Crippen molar-refractivity contribution in [2.45, 2.75) is 62.7 Å². The summed E-state index contributed by atoms with van der Waals surface area (Å²) < 4.78 is 0. The number of fused-ring (bicyclic) bond motifs is 1. The summed E-state index contributed by atoms with van der Waals surface area (Å²) in [6.07, 6.45) is 4.23. The van der Waals surface area contributed by atoms with Crippen LogP contribution in [-0.4, -0.2) is 87.6 Å². The van der Waals surface area contributed by atoms with Crippen molar-refractivity contribution in [3.8, 4) is 0 Å². The van der Waals surface area contributed by atoms with Gasteiger partial charge < -0.3 is 42.6 Å². The molecule has 0 aliphatic carbocycles. The minimum absolute atomic E-state index is 0.0229. The van der Waals surface area contributed by atoms with E-state index in [2.05, 4.69) is 20.9 Å². The van der Waals surface area contributed by atoms with E-state index in [0.717, 1.165) is 10.9 Å². The second-order valence-corrected chi connectivity index (χ2v) is 10.3. The summed E-state index contributed by atoms with van der Waals surface area (Å²) >= 11 is 1.52.